The molecule has 0 radical (unpaired) electrons. The predicted octanol–water partition coefficient (Wildman–Crippen LogP) is 4.46. The van der Waals surface area contributed by atoms with Crippen molar-refractivity contribution in [1.82, 2.24) is 0 Å². The molecule has 0 saturated heterocycles. The van der Waals surface area contributed by atoms with Gasteiger partial charge >= 0.3 is 32.0 Å². The highest BCUT2D eigenvalue weighted by atomic mass is 31.2. The molecule has 0 heterocycles. The summed E-state index contributed by atoms with van der Waals surface area (Å²) in [5.41, 5.74) is 6.29. The van der Waals surface area contributed by atoms with E-state index in [4.69, 9.17) is 33.7 Å². The van der Waals surface area contributed by atoms with Crippen LogP contribution in [-0.4, -0.2) is 92.6 Å². The van der Waals surface area contributed by atoms with Gasteiger partial charge in [-0.05, 0) is 33.1 Å². The number of ether oxygens (including phenoxy) is 4. The van der Waals surface area contributed by atoms with Crippen LogP contribution in [0.2, 0.25) is 0 Å². The Morgan fingerprint density at radius 1 is 0.769 bits per heavy atom. The molecule has 0 rings (SSSR count). The van der Waals surface area contributed by atoms with Crippen LogP contribution in [0.4, 0.5) is 9.59 Å². The van der Waals surface area contributed by atoms with Gasteiger partial charge in [0.2, 0.25) is 0 Å². The third kappa shape index (κ3) is 14.0. The van der Waals surface area contributed by atoms with Crippen molar-refractivity contribution >= 4 is 32.0 Å². The van der Waals surface area contributed by atoms with Gasteiger partial charge in [0, 0.05) is 6.42 Å². The molecule has 0 aromatic rings. The summed E-state index contributed by atoms with van der Waals surface area (Å²) in [4.78, 5) is 35.3. The smallest absolute Gasteiger partial charge is 0.477 e. The Bertz CT molecular complexity index is 772. The SMILES string of the molecule is CCCCOC(=O)OCCOP(=O)(N=C(N)[N+](CC)(CC)C(CCC)C(=O)O)OCCOC(=O)OCCCC. The van der Waals surface area contributed by atoms with Gasteiger partial charge < -0.3 is 29.8 Å². The Labute approximate surface area is 231 Å². The second-order valence-corrected chi connectivity index (χ2v) is 10.2. The highest BCUT2D eigenvalue weighted by molar-refractivity contribution is 7.52. The third-order valence-corrected chi connectivity index (χ3v) is 7.27. The summed E-state index contributed by atoms with van der Waals surface area (Å²) in [5, 5.41) is 9.88. The van der Waals surface area contributed by atoms with E-state index in [9.17, 15) is 24.1 Å². The molecule has 0 aliphatic rings. The Morgan fingerprint density at radius 2 is 1.21 bits per heavy atom. The van der Waals surface area contributed by atoms with Crippen molar-refractivity contribution in [3.63, 3.8) is 0 Å². The van der Waals surface area contributed by atoms with E-state index in [1.807, 2.05) is 20.8 Å². The number of aliphatic carboxylic acids is 1. The van der Waals surface area contributed by atoms with Crippen LogP contribution in [0.1, 0.15) is 73.1 Å². The minimum Gasteiger partial charge on any atom is -0.477 e. The van der Waals surface area contributed by atoms with E-state index in [0.29, 0.717) is 25.7 Å². The van der Waals surface area contributed by atoms with E-state index in [0.717, 1.165) is 12.8 Å². The number of hydrogen-bond acceptors (Lipinski definition) is 10. The van der Waals surface area contributed by atoms with Crippen molar-refractivity contribution in [3.05, 3.63) is 0 Å². The fraction of sp³-hybridized carbons (Fsp3) is 0.833. The van der Waals surface area contributed by atoms with Crippen molar-refractivity contribution in [2.45, 2.75) is 79.2 Å². The molecule has 0 fully saturated rings. The van der Waals surface area contributed by atoms with E-state index in [-0.39, 0.29) is 63.2 Å². The lowest BCUT2D eigenvalue weighted by Gasteiger charge is -2.39. The van der Waals surface area contributed by atoms with Crippen molar-refractivity contribution < 1.29 is 56.5 Å². The van der Waals surface area contributed by atoms with Crippen LogP contribution in [0.5, 0.6) is 0 Å². The van der Waals surface area contributed by atoms with Crippen LogP contribution in [-0.2, 0) is 37.4 Å². The van der Waals surface area contributed by atoms with Gasteiger partial charge in [0.25, 0.3) is 0 Å². The number of likely N-dealkylation sites (N-methyl/N-ethyl adjacent to an activating group) is 1. The fourth-order valence-electron chi connectivity index (χ4n) is 3.55. The summed E-state index contributed by atoms with van der Waals surface area (Å²) in [6.45, 7) is 8.75. The number of hydrogen-bond donors (Lipinski definition) is 2. The number of guanidine groups is 1. The first-order chi connectivity index (χ1) is 18.6. The van der Waals surface area contributed by atoms with Crippen LogP contribution < -0.4 is 5.73 Å². The van der Waals surface area contributed by atoms with Crippen molar-refractivity contribution in [2.75, 3.05) is 52.7 Å². The van der Waals surface area contributed by atoms with Gasteiger partial charge in [-0.25, -0.2) is 23.4 Å². The highest BCUT2D eigenvalue weighted by Gasteiger charge is 2.44. The molecule has 1 unspecified atom stereocenters. The summed E-state index contributed by atoms with van der Waals surface area (Å²) in [5.74, 6) is -1.32. The van der Waals surface area contributed by atoms with Gasteiger partial charge in [0.05, 0.1) is 39.5 Å². The number of carboxylic acid groups (broad SMARTS) is 1. The first-order valence-electron chi connectivity index (χ1n) is 13.5. The summed E-state index contributed by atoms with van der Waals surface area (Å²) < 4.78 is 47.6. The number of carbonyl (C=O) groups excluding carboxylic acids is 2. The molecule has 14 nitrogen and oxygen atoms in total. The quantitative estimate of drug-likeness (QED) is 0.0483. The first-order valence-corrected chi connectivity index (χ1v) is 15.0. The third-order valence-electron chi connectivity index (χ3n) is 5.80. The summed E-state index contributed by atoms with van der Waals surface area (Å²) in [6.07, 6.45) is 2.12. The minimum atomic E-state index is -4.37. The van der Waals surface area contributed by atoms with Gasteiger partial charge in [-0.2, -0.15) is 0 Å². The second kappa shape index (κ2) is 20.5. The van der Waals surface area contributed by atoms with E-state index in [1.165, 1.54) is 0 Å². The van der Waals surface area contributed by atoms with Crippen LogP contribution in [0.15, 0.2) is 4.76 Å². The number of carboxylic acids is 1. The maximum Gasteiger partial charge on any atom is 0.508 e. The lowest BCUT2D eigenvalue weighted by atomic mass is 10.1. The molecular weight excluding hydrogens is 537 g/mol. The average Bonchev–Trinajstić information content (AvgIpc) is 2.90. The molecule has 0 aromatic heterocycles. The van der Waals surface area contributed by atoms with E-state index in [2.05, 4.69) is 4.76 Å². The molecule has 0 aliphatic heterocycles. The molecule has 0 saturated carbocycles. The van der Waals surface area contributed by atoms with Crippen LogP contribution in [0.25, 0.3) is 0 Å². The van der Waals surface area contributed by atoms with Gasteiger partial charge in [0.1, 0.15) is 13.2 Å². The average molecular weight is 585 g/mol. The normalized spacial score (nSPS) is 13.0. The van der Waals surface area contributed by atoms with E-state index >= 15 is 0 Å². The number of rotatable bonds is 21. The predicted molar refractivity (Wildman–Crippen MR) is 143 cm³/mol. The number of nitrogens with zero attached hydrogens (tertiary/aromatic N) is 2. The zero-order chi connectivity index (χ0) is 29.7. The summed E-state index contributed by atoms with van der Waals surface area (Å²) >= 11 is 0. The van der Waals surface area contributed by atoms with Gasteiger partial charge in [-0.1, -0.05) is 33.6 Å². The molecule has 1 atom stereocenters. The zero-order valence-corrected chi connectivity index (χ0v) is 24.8. The number of quaternary nitrogens is 1. The molecular formula is C24H47N3O11P+. The standard InChI is InChI=1S/C24H46N3O11P/c1-6-11-14-33-23(30)35-16-18-37-39(32,38-19-17-36-24(31)34-15-12-7-2)26-22(25)27(9-4,10-5)20(13-8-3)21(28)29/h20H,6-19H2,1-5H3,(H2-,25,26,28,29,32)/p+1. The Hall–Kier alpha value is -2.41. The fourth-order valence-corrected chi connectivity index (χ4v) is 4.78. The maximum atomic E-state index is 13.6. The maximum absolute atomic E-state index is 13.6. The minimum absolute atomic E-state index is 0.204. The molecule has 0 aromatic carbocycles. The number of carbonyl (C=O) groups is 3. The number of unbranched alkanes of at least 4 members (excludes halogenated alkanes) is 2. The lowest BCUT2D eigenvalue weighted by Crippen LogP contribution is -2.64. The van der Waals surface area contributed by atoms with Gasteiger partial charge in [-0.15, -0.1) is 4.76 Å². The molecule has 3 N–H and O–H groups in total. The molecule has 39 heavy (non-hydrogen) atoms. The molecule has 0 spiro atoms. The zero-order valence-electron chi connectivity index (χ0n) is 23.9. The van der Waals surface area contributed by atoms with Gasteiger partial charge in [0.15, 0.2) is 6.04 Å². The van der Waals surface area contributed by atoms with Crippen LogP contribution >= 0.6 is 7.75 Å². The molecule has 228 valence electrons. The van der Waals surface area contributed by atoms with Crippen LogP contribution in [0.3, 0.4) is 0 Å². The Kier molecular flexibility index (Phi) is 19.2. The molecule has 0 aliphatic carbocycles. The molecule has 0 amide bonds. The monoisotopic (exact) mass is 584 g/mol. The Morgan fingerprint density at radius 3 is 1.56 bits per heavy atom. The van der Waals surface area contributed by atoms with Crippen LogP contribution in [0, 0.1) is 0 Å². The van der Waals surface area contributed by atoms with Gasteiger partial charge in [-0.3, -0.25) is 9.05 Å². The van der Waals surface area contributed by atoms with Crippen molar-refractivity contribution in [1.29, 1.82) is 0 Å². The Balaban J connectivity index is 5.61. The van der Waals surface area contributed by atoms with E-state index in [1.54, 1.807) is 13.8 Å². The van der Waals surface area contributed by atoms with Crippen molar-refractivity contribution in [3.8, 4) is 0 Å². The highest BCUT2D eigenvalue weighted by Crippen LogP contribution is 2.50. The van der Waals surface area contributed by atoms with Crippen molar-refractivity contribution in [2.24, 2.45) is 10.5 Å². The summed E-state index contributed by atoms with van der Waals surface area (Å²) in [7, 11) is -4.37. The van der Waals surface area contributed by atoms with E-state index < -0.39 is 32.1 Å². The lowest BCUT2D eigenvalue weighted by molar-refractivity contribution is -0.857. The molecule has 15 heteroatoms. The second-order valence-electron chi connectivity index (χ2n) is 8.50. The number of nitrogens with two attached hydrogens (primary N) is 1. The summed E-state index contributed by atoms with van der Waals surface area (Å²) in [6, 6.07) is -0.940. The first kappa shape index (κ1) is 36.6. The molecule has 0 bridgehead atoms. The topological polar surface area (TPSA) is 182 Å². The largest absolute Gasteiger partial charge is 0.508 e.